The monoisotopic (exact) mass is 478 g/mol. The van der Waals surface area contributed by atoms with Crippen LogP contribution in [0.1, 0.15) is 47.6 Å². The third-order valence-electron chi connectivity index (χ3n) is 5.55. The van der Waals surface area contributed by atoms with E-state index in [0.29, 0.717) is 23.7 Å². The van der Waals surface area contributed by atoms with Gasteiger partial charge in [0, 0.05) is 12.7 Å². The summed E-state index contributed by atoms with van der Waals surface area (Å²) in [5.41, 5.74) is 0.0122. The standard InChI is InChI=1S/C23H25F3N4O4/c1-5-23(4,29-22(32)33)11-27-21(31)19-13(3)28-20-17(8-12(2)9-30(19)20)34-10-14-15(24)6-7-16(25)18(14)26/h6-9,29H,5,10-11H2,1-4H3,(H,27,31)(H,32,33). The van der Waals surface area contributed by atoms with Crippen LogP contribution in [0.25, 0.3) is 5.65 Å². The number of benzene rings is 1. The zero-order chi connectivity index (χ0) is 25.2. The van der Waals surface area contributed by atoms with Gasteiger partial charge < -0.3 is 20.5 Å². The molecule has 0 aliphatic carbocycles. The van der Waals surface area contributed by atoms with E-state index in [4.69, 9.17) is 9.84 Å². The molecule has 2 aromatic heterocycles. The summed E-state index contributed by atoms with van der Waals surface area (Å²) in [6.45, 7) is 6.26. The zero-order valence-electron chi connectivity index (χ0n) is 19.1. The van der Waals surface area contributed by atoms with Crippen molar-refractivity contribution in [2.24, 2.45) is 0 Å². The number of hydrogen-bond donors (Lipinski definition) is 3. The molecule has 1 unspecified atom stereocenters. The molecule has 0 saturated carbocycles. The van der Waals surface area contributed by atoms with Gasteiger partial charge in [-0.3, -0.25) is 9.20 Å². The molecule has 34 heavy (non-hydrogen) atoms. The Labute approximate surface area is 193 Å². The lowest BCUT2D eigenvalue weighted by Crippen LogP contribution is -2.52. The summed E-state index contributed by atoms with van der Waals surface area (Å²) >= 11 is 0. The smallest absolute Gasteiger partial charge is 0.405 e. The van der Waals surface area contributed by atoms with Crippen molar-refractivity contribution in [1.29, 1.82) is 0 Å². The first-order chi connectivity index (χ1) is 16.0. The maximum Gasteiger partial charge on any atom is 0.405 e. The molecule has 1 atom stereocenters. The summed E-state index contributed by atoms with van der Waals surface area (Å²) in [6, 6.07) is 3.09. The van der Waals surface area contributed by atoms with Crippen LogP contribution in [0.15, 0.2) is 24.4 Å². The Kier molecular flexibility index (Phi) is 7.04. The molecule has 0 aliphatic heterocycles. The molecular weight excluding hydrogens is 453 g/mol. The fourth-order valence-corrected chi connectivity index (χ4v) is 3.46. The Balaban J connectivity index is 1.90. The summed E-state index contributed by atoms with van der Waals surface area (Å²) in [5.74, 6) is -3.82. The molecule has 0 fully saturated rings. The molecule has 3 N–H and O–H groups in total. The van der Waals surface area contributed by atoms with Crippen LogP contribution in [-0.4, -0.2) is 38.6 Å². The number of amides is 2. The number of pyridine rings is 1. The highest BCUT2D eigenvalue weighted by atomic mass is 19.2. The lowest BCUT2D eigenvalue weighted by molar-refractivity contribution is 0.0930. The number of ether oxygens (including phenoxy) is 1. The van der Waals surface area contributed by atoms with E-state index < -0.39 is 47.2 Å². The zero-order valence-corrected chi connectivity index (χ0v) is 19.1. The van der Waals surface area contributed by atoms with Gasteiger partial charge in [0.1, 0.15) is 18.1 Å². The van der Waals surface area contributed by atoms with Crippen LogP contribution in [-0.2, 0) is 6.61 Å². The molecule has 3 aromatic rings. The molecular formula is C23H25F3N4O4. The third kappa shape index (κ3) is 5.08. The number of hydrogen-bond acceptors (Lipinski definition) is 4. The topological polar surface area (TPSA) is 105 Å². The number of carbonyl (C=O) groups is 2. The number of rotatable bonds is 8. The maximum absolute atomic E-state index is 14.0. The number of aryl methyl sites for hydroxylation is 2. The minimum absolute atomic E-state index is 0.0363. The number of nitrogens with one attached hydrogen (secondary N) is 2. The van der Waals surface area contributed by atoms with E-state index in [2.05, 4.69) is 15.6 Å². The molecule has 8 nitrogen and oxygen atoms in total. The average Bonchev–Trinajstić information content (AvgIpc) is 3.10. The van der Waals surface area contributed by atoms with Gasteiger partial charge in [-0.25, -0.2) is 22.9 Å². The van der Waals surface area contributed by atoms with Crippen molar-refractivity contribution >= 4 is 17.6 Å². The number of aromatic nitrogens is 2. The molecule has 2 heterocycles. The number of halogens is 3. The van der Waals surface area contributed by atoms with E-state index in [0.717, 1.165) is 6.07 Å². The molecule has 0 bridgehead atoms. The summed E-state index contributed by atoms with van der Waals surface area (Å²) in [7, 11) is 0. The quantitative estimate of drug-likeness (QED) is 0.423. The van der Waals surface area contributed by atoms with Crippen molar-refractivity contribution in [1.82, 2.24) is 20.0 Å². The second-order valence-electron chi connectivity index (χ2n) is 8.26. The fourth-order valence-electron chi connectivity index (χ4n) is 3.46. The molecule has 3 rings (SSSR count). The van der Waals surface area contributed by atoms with Gasteiger partial charge in [-0.15, -0.1) is 0 Å². The van der Waals surface area contributed by atoms with Gasteiger partial charge in [-0.1, -0.05) is 6.92 Å². The van der Waals surface area contributed by atoms with Crippen LogP contribution in [0.2, 0.25) is 0 Å². The lowest BCUT2D eigenvalue weighted by Gasteiger charge is -2.28. The Morgan fingerprint density at radius 2 is 1.88 bits per heavy atom. The predicted octanol–water partition coefficient (Wildman–Crippen LogP) is 4.11. The van der Waals surface area contributed by atoms with Crippen molar-refractivity contribution in [3.63, 3.8) is 0 Å². The average molecular weight is 478 g/mol. The van der Waals surface area contributed by atoms with Crippen molar-refractivity contribution in [2.45, 2.75) is 46.3 Å². The number of imidazole rings is 1. The van der Waals surface area contributed by atoms with E-state index >= 15 is 0 Å². The number of carbonyl (C=O) groups excluding carboxylic acids is 1. The third-order valence-corrected chi connectivity index (χ3v) is 5.55. The minimum Gasteiger partial charge on any atom is -0.485 e. The molecule has 0 radical (unpaired) electrons. The van der Waals surface area contributed by atoms with Crippen LogP contribution in [0.4, 0.5) is 18.0 Å². The summed E-state index contributed by atoms with van der Waals surface area (Å²) in [5, 5.41) is 14.2. The van der Waals surface area contributed by atoms with Crippen LogP contribution < -0.4 is 15.4 Å². The normalized spacial score (nSPS) is 12.9. The second-order valence-corrected chi connectivity index (χ2v) is 8.26. The highest BCUT2D eigenvalue weighted by Gasteiger charge is 2.27. The lowest BCUT2D eigenvalue weighted by atomic mass is 9.99. The largest absolute Gasteiger partial charge is 0.485 e. The Hall–Kier alpha value is -3.76. The molecule has 1 aromatic carbocycles. The molecule has 0 aliphatic rings. The van der Waals surface area contributed by atoms with Crippen molar-refractivity contribution < 1.29 is 32.6 Å². The number of fused-ring (bicyclic) bond motifs is 1. The van der Waals surface area contributed by atoms with E-state index in [1.165, 1.54) is 4.40 Å². The van der Waals surface area contributed by atoms with Gasteiger partial charge >= 0.3 is 6.09 Å². The van der Waals surface area contributed by atoms with Gasteiger partial charge in [0.2, 0.25) is 0 Å². The van der Waals surface area contributed by atoms with Gasteiger partial charge in [-0.05, 0) is 51.0 Å². The predicted molar refractivity (Wildman–Crippen MR) is 118 cm³/mol. The SMILES string of the molecule is CCC(C)(CNC(=O)c1c(C)nc2c(OCc3c(F)ccc(F)c3F)cc(C)cn12)NC(=O)O. The van der Waals surface area contributed by atoms with Crippen LogP contribution >= 0.6 is 0 Å². The Morgan fingerprint density at radius 3 is 2.53 bits per heavy atom. The van der Waals surface area contributed by atoms with Gasteiger partial charge in [0.15, 0.2) is 23.0 Å². The van der Waals surface area contributed by atoms with E-state index in [9.17, 15) is 22.8 Å². The maximum atomic E-state index is 14.0. The summed E-state index contributed by atoms with van der Waals surface area (Å²) in [4.78, 5) is 28.4. The number of nitrogens with zero attached hydrogens (tertiary/aromatic N) is 2. The first-order valence-electron chi connectivity index (χ1n) is 10.5. The fraction of sp³-hybridized carbons (Fsp3) is 0.348. The molecule has 0 spiro atoms. The van der Waals surface area contributed by atoms with Gasteiger partial charge in [0.25, 0.3) is 5.91 Å². The Morgan fingerprint density at radius 1 is 1.21 bits per heavy atom. The molecule has 2 amide bonds. The first-order valence-corrected chi connectivity index (χ1v) is 10.5. The Bertz CT molecular complexity index is 1260. The highest BCUT2D eigenvalue weighted by Crippen LogP contribution is 2.26. The van der Waals surface area contributed by atoms with Crippen molar-refractivity contribution in [3.05, 3.63) is 64.4 Å². The van der Waals surface area contributed by atoms with E-state index in [1.807, 2.05) is 0 Å². The van der Waals surface area contributed by atoms with Crippen LogP contribution in [0, 0.1) is 31.3 Å². The summed E-state index contributed by atoms with van der Waals surface area (Å²) in [6.07, 6.45) is 0.888. The van der Waals surface area contributed by atoms with Crippen molar-refractivity contribution in [3.8, 4) is 5.75 Å². The highest BCUT2D eigenvalue weighted by molar-refractivity contribution is 5.95. The van der Waals surface area contributed by atoms with Gasteiger partial charge in [-0.2, -0.15) is 0 Å². The molecule has 0 saturated heterocycles. The molecule has 182 valence electrons. The van der Waals surface area contributed by atoms with Crippen LogP contribution in [0.5, 0.6) is 5.75 Å². The number of carboxylic acid groups (broad SMARTS) is 1. The minimum atomic E-state index is -1.34. The second kappa shape index (κ2) is 9.62. The van der Waals surface area contributed by atoms with E-state index in [-0.39, 0.29) is 23.6 Å². The van der Waals surface area contributed by atoms with Crippen molar-refractivity contribution in [2.75, 3.05) is 6.54 Å². The van der Waals surface area contributed by atoms with Gasteiger partial charge in [0.05, 0.1) is 16.8 Å². The van der Waals surface area contributed by atoms with E-state index in [1.54, 1.807) is 40.0 Å². The van der Waals surface area contributed by atoms with Crippen LogP contribution in [0.3, 0.4) is 0 Å². The first kappa shape index (κ1) is 24.9. The summed E-state index contributed by atoms with van der Waals surface area (Å²) < 4.78 is 48.6. The molecule has 11 heteroatoms.